The molecular weight excluding hydrogens is 268 g/mol. The molecule has 100 valence electrons. The highest BCUT2D eigenvalue weighted by atomic mass is 35.5. The van der Waals surface area contributed by atoms with Gasteiger partial charge < -0.3 is 13.7 Å². The van der Waals surface area contributed by atoms with Crippen molar-refractivity contribution in [2.45, 2.75) is 19.4 Å². The van der Waals surface area contributed by atoms with E-state index in [0.717, 1.165) is 18.5 Å². The third-order valence-electron chi connectivity index (χ3n) is 3.42. The maximum atomic E-state index is 11.6. The fraction of sp³-hybridized carbons (Fsp3) is 0.385. The number of carbonyl (C=O) groups excluding carboxylic acids is 1. The summed E-state index contributed by atoms with van der Waals surface area (Å²) in [5.74, 6) is 1.01. The first kappa shape index (κ1) is 12.3. The first-order valence-corrected chi connectivity index (χ1v) is 6.45. The van der Waals surface area contributed by atoms with Gasteiger partial charge in [0.05, 0.1) is 13.0 Å². The number of imidazole rings is 1. The Labute approximate surface area is 115 Å². The van der Waals surface area contributed by atoms with Gasteiger partial charge in [-0.25, -0.2) is 4.98 Å². The van der Waals surface area contributed by atoms with Crippen LogP contribution in [-0.4, -0.2) is 22.6 Å². The molecule has 2 aromatic rings. The van der Waals surface area contributed by atoms with Gasteiger partial charge >= 0.3 is 5.97 Å². The minimum absolute atomic E-state index is 0.129. The lowest BCUT2D eigenvalue weighted by molar-refractivity contribution is -0.146. The number of aryl methyl sites for hydroxylation is 1. The van der Waals surface area contributed by atoms with Crippen LogP contribution >= 0.6 is 11.6 Å². The Morgan fingerprint density at radius 3 is 3.11 bits per heavy atom. The summed E-state index contributed by atoms with van der Waals surface area (Å²) in [6.45, 7) is 0.565. The number of fused-ring (bicyclic) bond motifs is 1. The molecule has 0 aromatic carbocycles. The van der Waals surface area contributed by atoms with Crippen molar-refractivity contribution in [1.82, 2.24) is 9.55 Å². The van der Waals surface area contributed by atoms with Crippen molar-refractivity contribution in [2.75, 3.05) is 7.11 Å². The van der Waals surface area contributed by atoms with Crippen molar-refractivity contribution in [3.8, 4) is 11.6 Å². The van der Waals surface area contributed by atoms with Crippen LogP contribution < -0.4 is 0 Å². The molecule has 1 aliphatic rings. The number of aromatic nitrogens is 2. The van der Waals surface area contributed by atoms with E-state index in [1.807, 2.05) is 10.8 Å². The van der Waals surface area contributed by atoms with Gasteiger partial charge in [-0.2, -0.15) is 0 Å². The summed E-state index contributed by atoms with van der Waals surface area (Å²) in [6, 6.07) is 3.46. The summed E-state index contributed by atoms with van der Waals surface area (Å²) in [5, 5.41) is 0.327. The minimum atomic E-state index is -0.178. The van der Waals surface area contributed by atoms with Crippen LogP contribution in [0, 0.1) is 5.92 Å². The van der Waals surface area contributed by atoms with E-state index >= 15 is 0 Å². The van der Waals surface area contributed by atoms with E-state index in [2.05, 4.69) is 4.98 Å². The number of hydrogen-bond donors (Lipinski definition) is 0. The largest absolute Gasteiger partial charge is 0.469 e. The number of esters is 1. The number of carbonyl (C=O) groups is 1. The molecule has 6 heteroatoms. The summed E-state index contributed by atoms with van der Waals surface area (Å²) in [7, 11) is 1.42. The Kier molecular flexibility index (Phi) is 3.06. The lowest BCUT2D eigenvalue weighted by atomic mass is 9.98. The Hall–Kier alpha value is -1.75. The molecule has 0 saturated heterocycles. The number of rotatable bonds is 2. The summed E-state index contributed by atoms with van der Waals surface area (Å²) in [4.78, 5) is 16.0. The monoisotopic (exact) mass is 280 g/mol. The number of nitrogens with zero attached hydrogens (tertiary/aromatic N) is 2. The second kappa shape index (κ2) is 4.74. The molecule has 0 saturated carbocycles. The highest BCUT2D eigenvalue weighted by Gasteiger charge is 2.28. The van der Waals surface area contributed by atoms with Gasteiger partial charge in [-0.1, -0.05) is 0 Å². The smallest absolute Gasteiger partial charge is 0.310 e. The third kappa shape index (κ3) is 2.14. The van der Waals surface area contributed by atoms with Gasteiger partial charge in [0.15, 0.2) is 16.8 Å². The van der Waals surface area contributed by atoms with E-state index in [1.165, 1.54) is 7.11 Å². The molecule has 19 heavy (non-hydrogen) atoms. The molecule has 0 spiro atoms. The summed E-state index contributed by atoms with van der Waals surface area (Å²) >= 11 is 5.78. The van der Waals surface area contributed by atoms with E-state index in [9.17, 15) is 4.79 Å². The van der Waals surface area contributed by atoms with Crippen LogP contribution in [0.5, 0.6) is 0 Å². The molecule has 0 N–H and O–H groups in total. The topological polar surface area (TPSA) is 57.3 Å². The molecule has 0 radical (unpaired) electrons. The van der Waals surface area contributed by atoms with Crippen LogP contribution in [0.2, 0.25) is 5.22 Å². The Balaban J connectivity index is 1.94. The van der Waals surface area contributed by atoms with Crippen LogP contribution in [0.15, 0.2) is 22.7 Å². The molecule has 0 amide bonds. The molecule has 1 atom stereocenters. The molecular formula is C13H13ClN2O3. The van der Waals surface area contributed by atoms with Gasteiger partial charge in [0, 0.05) is 18.4 Å². The van der Waals surface area contributed by atoms with E-state index in [0.29, 0.717) is 23.3 Å². The highest BCUT2D eigenvalue weighted by Crippen LogP contribution is 2.29. The number of ether oxygens (including phenoxy) is 1. The zero-order valence-corrected chi connectivity index (χ0v) is 11.2. The molecule has 1 unspecified atom stereocenters. The van der Waals surface area contributed by atoms with Crippen LogP contribution in [0.3, 0.4) is 0 Å². The molecule has 3 rings (SSSR count). The standard InChI is InChI=1S/C13H13ClN2O3/c1-18-13(17)8-2-3-9-6-15-12(16(9)7-8)10-4-5-11(14)19-10/h4-6,8H,2-3,7H2,1H3. The normalized spacial score (nSPS) is 18.1. The Bertz CT molecular complexity index is 617. The average Bonchev–Trinajstić information content (AvgIpc) is 3.02. The van der Waals surface area contributed by atoms with Crippen LogP contribution in [0.25, 0.3) is 11.6 Å². The van der Waals surface area contributed by atoms with Gasteiger partial charge in [0.2, 0.25) is 0 Å². The van der Waals surface area contributed by atoms with Crippen molar-refractivity contribution in [3.63, 3.8) is 0 Å². The number of hydrogen-bond acceptors (Lipinski definition) is 4. The summed E-state index contributed by atoms with van der Waals surface area (Å²) in [5.41, 5.74) is 1.10. The third-order valence-corrected chi connectivity index (χ3v) is 3.62. The maximum Gasteiger partial charge on any atom is 0.310 e. The van der Waals surface area contributed by atoms with Crippen LogP contribution in [0.1, 0.15) is 12.1 Å². The molecule has 0 fully saturated rings. The zero-order valence-electron chi connectivity index (χ0n) is 10.4. The summed E-state index contributed by atoms with van der Waals surface area (Å²) < 4.78 is 12.2. The van der Waals surface area contributed by atoms with Gasteiger partial charge in [0.25, 0.3) is 0 Å². The Morgan fingerprint density at radius 2 is 2.42 bits per heavy atom. The second-order valence-electron chi connectivity index (χ2n) is 4.55. The fourth-order valence-electron chi connectivity index (χ4n) is 2.44. The van der Waals surface area contributed by atoms with E-state index in [4.69, 9.17) is 20.8 Å². The highest BCUT2D eigenvalue weighted by molar-refractivity contribution is 6.28. The Morgan fingerprint density at radius 1 is 1.58 bits per heavy atom. The molecule has 0 aliphatic carbocycles. The van der Waals surface area contributed by atoms with Crippen molar-refractivity contribution in [3.05, 3.63) is 29.2 Å². The predicted molar refractivity (Wildman–Crippen MR) is 68.8 cm³/mol. The van der Waals surface area contributed by atoms with Crippen molar-refractivity contribution in [2.24, 2.45) is 5.92 Å². The quantitative estimate of drug-likeness (QED) is 0.793. The van der Waals surface area contributed by atoms with Gasteiger partial charge in [0.1, 0.15) is 0 Å². The SMILES string of the molecule is COC(=O)C1CCc2cnc(-c3ccc(Cl)o3)n2C1. The van der Waals surface area contributed by atoms with Crippen LogP contribution in [-0.2, 0) is 22.5 Å². The van der Waals surface area contributed by atoms with Crippen molar-refractivity contribution in [1.29, 1.82) is 0 Å². The fourth-order valence-corrected chi connectivity index (χ4v) is 2.58. The molecule has 3 heterocycles. The maximum absolute atomic E-state index is 11.6. The van der Waals surface area contributed by atoms with Crippen LogP contribution in [0.4, 0.5) is 0 Å². The molecule has 5 nitrogen and oxygen atoms in total. The number of methoxy groups -OCH3 is 1. The van der Waals surface area contributed by atoms with Gasteiger partial charge in [-0.15, -0.1) is 0 Å². The number of halogens is 1. The zero-order chi connectivity index (χ0) is 13.4. The molecule has 0 bridgehead atoms. The second-order valence-corrected chi connectivity index (χ2v) is 4.92. The van der Waals surface area contributed by atoms with Crippen molar-refractivity contribution >= 4 is 17.6 Å². The lowest BCUT2D eigenvalue weighted by Crippen LogP contribution is -2.27. The van der Waals surface area contributed by atoms with E-state index in [-0.39, 0.29) is 11.9 Å². The summed E-state index contributed by atoms with van der Waals surface area (Å²) in [6.07, 6.45) is 3.41. The first-order valence-electron chi connectivity index (χ1n) is 6.07. The lowest BCUT2D eigenvalue weighted by Gasteiger charge is -2.23. The predicted octanol–water partition coefficient (Wildman–Crippen LogP) is 2.53. The minimum Gasteiger partial charge on any atom is -0.469 e. The molecule has 1 aliphatic heterocycles. The van der Waals surface area contributed by atoms with Crippen molar-refractivity contribution < 1.29 is 13.9 Å². The first-order chi connectivity index (χ1) is 9.19. The number of furan rings is 1. The molecule has 2 aromatic heterocycles. The average molecular weight is 281 g/mol. The van der Waals surface area contributed by atoms with E-state index in [1.54, 1.807) is 12.1 Å². The van der Waals surface area contributed by atoms with Gasteiger partial charge in [-0.3, -0.25) is 4.79 Å². The van der Waals surface area contributed by atoms with Gasteiger partial charge in [-0.05, 0) is 36.6 Å². The van der Waals surface area contributed by atoms with E-state index < -0.39 is 0 Å².